The van der Waals surface area contributed by atoms with Gasteiger partial charge in [-0.1, -0.05) is 31.4 Å². The SMILES string of the molecule is CC(C(=O)NC1CCN(C(=O)NC2CCCCC2)CC1)n1cnc2ccccc21. The molecular weight excluding hydrogens is 366 g/mol. The third-order valence-electron chi connectivity index (χ3n) is 6.34. The summed E-state index contributed by atoms with van der Waals surface area (Å²) in [6.07, 6.45) is 9.21. The van der Waals surface area contributed by atoms with Crippen LogP contribution in [0.2, 0.25) is 0 Å². The quantitative estimate of drug-likeness (QED) is 0.831. The number of aromatic nitrogens is 2. The lowest BCUT2D eigenvalue weighted by molar-refractivity contribution is -0.124. The van der Waals surface area contributed by atoms with Crippen molar-refractivity contribution in [1.82, 2.24) is 25.1 Å². The molecule has 4 rings (SSSR count). The van der Waals surface area contributed by atoms with Crippen molar-refractivity contribution in [3.8, 4) is 0 Å². The molecule has 2 fully saturated rings. The Morgan fingerprint density at radius 1 is 1.00 bits per heavy atom. The van der Waals surface area contributed by atoms with E-state index in [-0.39, 0.29) is 24.0 Å². The average Bonchev–Trinajstić information content (AvgIpc) is 3.18. The Kier molecular flexibility index (Phi) is 6.02. The molecule has 0 radical (unpaired) electrons. The lowest BCUT2D eigenvalue weighted by Gasteiger charge is -2.34. The molecule has 2 heterocycles. The topological polar surface area (TPSA) is 79.3 Å². The van der Waals surface area contributed by atoms with Crippen LogP contribution >= 0.6 is 0 Å². The molecule has 156 valence electrons. The van der Waals surface area contributed by atoms with E-state index in [1.807, 2.05) is 40.7 Å². The van der Waals surface area contributed by atoms with Crippen molar-refractivity contribution >= 4 is 23.0 Å². The fourth-order valence-corrected chi connectivity index (χ4v) is 4.47. The van der Waals surface area contributed by atoms with Gasteiger partial charge in [-0.05, 0) is 44.7 Å². The van der Waals surface area contributed by atoms with Gasteiger partial charge in [-0.2, -0.15) is 0 Å². The van der Waals surface area contributed by atoms with E-state index in [1.54, 1.807) is 6.33 Å². The molecule has 2 aromatic rings. The van der Waals surface area contributed by atoms with E-state index in [9.17, 15) is 9.59 Å². The van der Waals surface area contributed by atoms with Gasteiger partial charge in [0.2, 0.25) is 5.91 Å². The number of carbonyl (C=O) groups excluding carboxylic acids is 2. The van der Waals surface area contributed by atoms with Crippen molar-refractivity contribution < 1.29 is 9.59 Å². The van der Waals surface area contributed by atoms with Gasteiger partial charge in [0, 0.05) is 25.2 Å². The number of hydrogen-bond donors (Lipinski definition) is 2. The van der Waals surface area contributed by atoms with Crippen molar-refractivity contribution in [2.75, 3.05) is 13.1 Å². The zero-order valence-corrected chi connectivity index (χ0v) is 17.1. The van der Waals surface area contributed by atoms with Crippen LogP contribution in [0.5, 0.6) is 0 Å². The van der Waals surface area contributed by atoms with Crippen molar-refractivity contribution in [3.63, 3.8) is 0 Å². The van der Waals surface area contributed by atoms with Gasteiger partial charge in [0.15, 0.2) is 0 Å². The lowest BCUT2D eigenvalue weighted by atomic mass is 9.95. The van der Waals surface area contributed by atoms with Crippen LogP contribution in [0.3, 0.4) is 0 Å². The Hall–Kier alpha value is -2.57. The van der Waals surface area contributed by atoms with Gasteiger partial charge in [-0.25, -0.2) is 9.78 Å². The predicted molar refractivity (Wildman–Crippen MR) is 113 cm³/mol. The Morgan fingerprint density at radius 3 is 2.45 bits per heavy atom. The largest absolute Gasteiger partial charge is 0.351 e. The van der Waals surface area contributed by atoms with Gasteiger partial charge in [-0.3, -0.25) is 4.79 Å². The zero-order chi connectivity index (χ0) is 20.2. The summed E-state index contributed by atoms with van der Waals surface area (Å²) < 4.78 is 1.91. The van der Waals surface area contributed by atoms with Crippen LogP contribution in [-0.2, 0) is 4.79 Å². The summed E-state index contributed by atoms with van der Waals surface area (Å²) in [6.45, 7) is 3.27. The normalized spacial score (nSPS) is 19.8. The number of benzene rings is 1. The monoisotopic (exact) mass is 397 g/mol. The average molecular weight is 398 g/mol. The molecule has 3 amide bonds. The number of hydrogen-bond acceptors (Lipinski definition) is 3. The number of carbonyl (C=O) groups is 2. The number of para-hydroxylation sites is 2. The molecule has 2 aliphatic rings. The number of imidazole rings is 1. The van der Waals surface area contributed by atoms with E-state index >= 15 is 0 Å². The molecule has 7 nitrogen and oxygen atoms in total. The molecule has 0 bridgehead atoms. The van der Waals surface area contributed by atoms with Crippen molar-refractivity contribution in [2.45, 2.75) is 70.0 Å². The van der Waals surface area contributed by atoms with Crippen LogP contribution in [-0.4, -0.2) is 51.6 Å². The summed E-state index contributed by atoms with van der Waals surface area (Å²) in [5.74, 6) is -0.00161. The molecule has 1 aromatic heterocycles. The molecule has 0 spiro atoms. The highest BCUT2D eigenvalue weighted by Crippen LogP contribution is 2.20. The lowest BCUT2D eigenvalue weighted by Crippen LogP contribution is -2.52. The first kappa shape index (κ1) is 19.7. The number of piperidine rings is 1. The van der Waals surface area contributed by atoms with Gasteiger partial charge in [0.1, 0.15) is 6.04 Å². The second-order valence-electron chi connectivity index (χ2n) is 8.37. The molecule has 1 atom stereocenters. The molecule has 1 saturated carbocycles. The van der Waals surface area contributed by atoms with Crippen molar-refractivity contribution in [2.24, 2.45) is 0 Å². The summed E-state index contributed by atoms with van der Waals surface area (Å²) in [5, 5.41) is 6.35. The number of likely N-dealkylation sites (tertiary alicyclic amines) is 1. The Bertz CT molecular complexity index is 850. The third-order valence-corrected chi connectivity index (χ3v) is 6.34. The molecule has 29 heavy (non-hydrogen) atoms. The Balaban J connectivity index is 1.26. The Labute approximate surface area is 171 Å². The number of rotatable bonds is 4. The minimum atomic E-state index is -0.324. The van der Waals surface area contributed by atoms with Gasteiger partial charge < -0.3 is 20.1 Å². The summed E-state index contributed by atoms with van der Waals surface area (Å²) in [7, 11) is 0. The predicted octanol–water partition coefficient (Wildman–Crippen LogP) is 3.22. The number of urea groups is 1. The highest BCUT2D eigenvalue weighted by Gasteiger charge is 2.27. The summed E-state index contributed by atoms with van der Waals surface area (Å²) >= 11 is 0. The standard InChI is InChI=1S/C22H31N5O2/c1-16(27-15-23-19-9-5-6-10-20(19)27)21(28)24-18-11-13-26(14-12-18)22(29)25-17-7-3-2-4-8-17/h5-6,9-10,15-18H,2-4,7-8,11-14H2,1H3,(H,24,28)(H,25,29). The number of nitrogens with zero attached hydrogens (tertiary/aromatic N) is 3. The second kappa shape index (κ2) is 8.84. The Morgan fingerprint density at radius 2 is 1.69 bits per heavy atom. The van der Waals surface area contributed by atoms with Gasteiger partial charge in [-0.15, -0.1) is 0 Å². The van der Waals surface area contributed by atoms with Crippen molar-refractivity contribution in [1.29, 1.82) is 0 Å². The van der Waals surface area contributed by atoms with E-state index in [4.69, 9.17) is 0 Å². The summed E-state index contributed by atoms with van der Waals surface area (Å²) in [4.78, 5) is 31.6. The number of nitrogens with one attached hydrogen (secondary N) is 2. The first-order chi connectivity index (χ1) is 14.1. The number of amides is 3. The molecule has 1 saturated heterocycles. The van der Waals surface area contributed by atoms with Gasteiger partial charge in [0.05, 0.1) is 17.4 Å². The van der Waals surface area contributed by atoms with Crippen LogP contribution in [0.15, 0.2) is 30.6 Å². The summed E-state index contributed by atoms with van der Waals surface area (Å²) in [5.41, 5.74) is 1.86. The van der Waals surface area contributed by atoms with Crippen LogP contribution in [0.4, 0.5) is 4.79 Å². The molecule has 1 aromatic carbocycles. The molecule has 7 heteroatoms. The van der Waals surface area contributed by atoms with Crippen LogP contribution in [0.25, 0.3) is 11.0 Å². The maximum atomic E-state index is 12.8. The van der Waals surface area contributed by atoms with E-state index in [0.29, 0.717) is 19.1 Å². The zero-order valence-electron chi connectivity index (χ0n) is 17.1. The first-order valence-corrected chi connectivity index (χ1v) is 10.9. The van der Waals surface area contributed by atoms with E-state index in [1.165, 1.54) is 19.3 Å². The van der Waals surface area contributed by atoms with E-state index in [0.717, 1.165) is 36.7 Å². The fraction of sp³-hybridized carbons (Fsp3) is 0.591. The van der Waals surface area contributed by atoms with Crippen LogP contribution in [0.1, 0.15) is 57.9 Å². The maximum absolute atomic E-state index is 12.8. The van der Waals surface area contributed by atoms with Gasteiger partial charge >= 0.3 is 6.03 Å². The van der Waals surface area contributed by atoms with E-state index in [2.05, 4.69) is 15.6 Å². The highest BCUT2D eigenvalue weighted by atomic mass is 16.2. The van der Waals surface area contributed by atoms with Crippen LogP contribution < -0.4 is 10.6 Å². The first-order valence-electron chi connectivity index (χ1n) is 10.9. The minimum absolute atomic E-state index is 0.00161. The molecule has 1 aliphatic carbocycles. The summed E-state index contributed by atoms with van der Waals surface area (Å²) in [6, 6.07) is 8.01. The highest BCUT2D eigenvalue weighted by molar-refractivity contribution is 5.83. The molecular formula is C22H31N5O2. The molecule has 1 unspecified atom stereocenters. The van der Waals surface area contributed by atoms with E-state index < -0.39 is 0 Å². The number of fused-ring (bicyclic) bond motifs is 1. The van der Waals surface area contributed by atoms with Crippen LogP contribution in [0, 0.1) is 0 Å². The maximum Gasteiger partial charge on any atom is 0.317 e. The van der Waals surface area contributed by atoms with Crippen molar-refractivity contribution in [3.05, 3.63) is 30.6 Å². The molecule has 1 aliphatic heterocycles. The molecule has 2 N–H and O–H groups in total. The third kappa shape index (κ3) is 4.54. The second-order valence-corrected chi connectivity index (χ2v) is 8.37. The fourth-order valence-electron chi connectivity index (χ4n) is 4.47. The minimum Gasteiger partial charge on any atom is -0.351 e. The van der Waals surface area contributed by atoms with Gasteiger partial charge in [0.25, 0.3) is 0 Å². The smallest absolute Gasteiger partial charge is 0.317 e.